The molecule has 1 aromatic carbocycles. The van der Waals surface area contributed by atoms with Gasteiger partial charge in [-0.3, -0.25) is 9.89 Å². The highest BCUT2D eigenvalue weighted by Gasteiger charge is 2.20. The predicted molar refractivity (Wildman–Crippen MR) is 78.4 cm³/mol. The van der Waals surface area contributed by atoms with Crippen LogP contribution in [0.1, 0.15) is 5.69 Å². The van der Waals surface area contributed by atoms with Gasteiger partial charge in [0.1, 0.15) is 5.75 Å². The van der Waals surface area contributed by atoms with Crippen molar-refractivity contribution in [2.24, 2.45) is 0 Å². The number of anilines is 1. The second-order valence-corrected chi connectivity index (χ2v) is 5.36. The van der Waals surface area contributed by atoms with E-state index in [0.717, 1.165) is 22.8 Å². The van der Waals surface area contributed by atoms with E-state index in [2.05, 4.69) is 22.1 Å². The topological polar surface area (TPSA) is 67.0 Å². The number of aromatic amines is 1. The number of amides is 1. The third kappa shape index (κ3) is 2.55. The molecule has 6 heteroatoms. The SMILES string of the molecule is C=CC(=O)Nc1cccc(Oc2n[nH]c3c2SCC3)c1. The molecule has 20 heavy (non-hydrogen) atoms. The number of nitrogens with one attached hydrogen (secondary N) is 2. The summed E-state index contributed by atoms with van der Waals surface area (Å²) < 4.78 is 5.78. The molecule has 0 spiro atoms. The number of H-pyrrole nitrogens is 1. The van der Waals surface area contributed by atoms with Crippen LogP contribution in [-0.4, -0.2) is 21.9 Å². The number of carbonyl (C=O) groups is 1. The normalized spacial score (nSPS) is 12.8. The molecule has 1 amide bonds. The van der Waals surface area contributed by atoms with E-state index in [1.807, 2.05) is 12.1 Å². The van der Waals surface area contributed by atoms with Crippen molar-refractivity contribution in [3.8, 4) is 11.6 Å². The van der Waals surface area contributed by atoms with E-state index in [0.29, 0.717) is 17.3 Å². The van der Waals surface area contributed by atoms with Gasteiger partial charge in [-0.25, -0.2) is 0 Å². The molecule has 0 atom stereocenters. The van der Waals surface area contributed by atoms with E-state index in [-0.39, 0.29) is 5.91 Å². The minimum Gasteiger partial charge on any atom is -0.437 e. The molecule has 3 rings (SSSR count). The minimum atomic E-state index is -0.252. The number of rotatable bonds is 4. The number of carbonyl (C=O) groups excluding carboxylic acids is 1. The number of hydrogen-bond acceptors (Lipinski definition) is 4. The Morgan fingerprint density at radius 3 is 3.30 bits per heavy atom. The van der Waals surface area contributed by atoms with Crippen LogP contribution in [-0.2, 0) is 11.2 Å². The van der Waals surface area contributed by atoms with Gasteiger partial charge in [-0.2, -0.15) is 0 Å². The van der Waals surface area contributed by atoms with Gasteiger partial charge in [0.2, 0.25) is 5.91 Å². The Morgan fingerprint density at radius 2 is 2.45 bits per heavy atom. The summed E-state index contributed by atoms with van der Waals surface area (Å²) in [5.41, 5.74) is 1.79. The minimum absolute atomic E-state index is 0.252. The van der Waals surface area contributed by atoms with E-state index >= 15 is 0 Å². The van der Waals surface area contributed by atoms with Gasteiger partial charge in [0.05, 0.1) is 10.6 Å². The largest absolute Gasteiger partial charge is 0.437 e. The molecule has 1 aliphatic rings. The van der Waals surface area contributed by atoms with E-state index in [4.69, 9.17) is 4.74 Å². The molecule has 2 N–H and O–H groups in total. The molecule has 5 nitrogen and oxygen atoms in total. The second kappa shape index (κ2) is 5.42. The van der Waals surface area contributed by atoms with Gasteiger partial charge in [0, 0.05) is 17.5 Å². The maximum Gasteiger partial charge on any atom is 0.252 e. The van der Waals surface area contributed by atoms with Gasteiger partial charge in [0.15, 0.2) is 0 Å². The Balaban J connectivity index is 1.78. The van der Waals surface area contributed by atoms with Gasteiger partial charge in [-0.1, -0.05) is 12.6 Å². The van der Waals surface area contributed by atoms with Crippen molar-refractivity contribution in [3.05, 3.63) is 42.6 Å². The lowest BCUT2D eigenvalue weighted by Crippen LogP contribution is -2.06. The number of nitrogens with zero attached hydrogens (tertiary/aromatic N) is 1. The van der Waals surface area contributed by atoms with Gasteiger partial charge < -0.3 is 10.1 Å². The van der Waals surface area contributed by atoms with Gasteiger partial charge in [0.25, 0.3) is 5.88 Å². The molecule has 0 bridgehead atoms. The number of aromatic nitrogens is 2. The van der Waals surface area contributed by atoms with E-state index in [9.17, 15) is 4.79 Å². The molecule has 102 valence electrons. The fourth-order valence-electron chi connectivity index (χ4n) is 1.93. The van der Waals surface area contributed by atoms with Crippen LogP contribution in [0.2, 0.25) is 0 Å². The number of benzene rings is 1. The highest BCUT2D eigenvalue weighted by Crippen LogP contribution is 2.38. The molecule has 2 heterocycles. The summed E-state index contributed by atoms with van der Waals surface area (Å²) >= 11 is 1.74. The predicted octanol–water partition coefficient (Wildman–Crippen LogP) is 2.97. The third-order valence-corrected chi connectivity index (χ3v) is 3.98. The molecule has 0 radical (unpaired) electrons. The van der Waals surface area contributed by atoms with Crippen LogP contribution in [0.3, 0.4) is 0 Å². The molecule has 0 saturated carbocycles. The van der Waals surface area contributed by atoms with Crippen molar-refractivity contribution >= 4 is 23.4 Å². The van der Waals surface area contributed by atoms with Crippen molar-refractivity contribution in [1.82, 2.24) is 10.2 Å². The fraction of sp³-hybridized carbons (Fsp3) is 0.143. The zero-order valence-electron chi connectivity index (χ0n) is 10.7. The Bertz CT molecular complexity index is 666. The molecule has 2 aromatic rings. The number of hydrogen-bond donors (Lipinski definition) is 2. The van der Waals surface area contributed by atoms with Crippen LogP contribution >= 0.6 is 11.8 Å². The van der Waals surface area contributed by atoms with Crippen LogP contribution < -0.4 is 10.1 Å². The van der Waals surface area contributed by atoms with Crippen molar-refractivity contribution in [3.63, 3.8) is 0 Å². The lowest BCUT2D eigenvalue weighted by molar-refractivity contribution is -0.111. The van der Waals surface area contributed by atoms with Crippen LogP contribution in [0.25, 0.3) is 0 Å². The number of fused-ring (bicyclic) bond motifs is 1. The summed E-state index contributed by atoms with van der Waals surface area (Å²) in [6.45, 7) is 3.42. The average Bonchev–Trinajstić information content (AvgIpc) is 3.04. The molecular weight excluding hydrogens is 274 g/mol. The van der Waals surface area contributed by atoms with Gasteiger partial charge in [-0.15, -0.1) is 16.9 Å². The molecule has 0 fully saturated rings. The number of aryl methyl sites for hydroxylation is 1. The van der Waals surface area contributed by atoms with E-state index in [1.54, 1.807) is 23.9 Å². The first-order valence-electron chi connectivity index (χ1n) is 6.17. The maximum absolute atomic E-state index is 11.3. The van der Waals surface area contributed by atoms with Crippen molar-refractivity contribution < 1.29 is 9.53 Å². The summed E-state index contributed by atoms with van der Waals surface area (Å²) in [7, 11) is 0. The first-order chi connectivity index (χ1) is 9.76. The Kier molecular flexibility index (Phi) is 3.47. The zero-order valence-corrected chi connectivity index (χ0v) is 11.5. The van der Waals surface area contributed by atoms with Crippen LogP contribution in [0.4, 0.5) is 5.69 Å². The fourth-order valence-corrected chi connectivity index (χ4v) is 2.98. The van der Waals surface area contributed by atoms with Gasteiger partial charge in [-0.05, 0) is 24.6 Å². The monoisotopic (exact) mass is 287 g/mol. The second-order valence-electron chi connectivity index (χ2n) is 4.26. The van der Waals surface area contributed by atoms with Crippen molar-refractivity contribution in [2.45, 2.75) is 11.3 Å². The van der Waals surface area contributed by atoms with Crippen molar-refractivity contribution in [1.29, 1.82) is 0 Å². The van der Waals surface area contributed by atoms with E-state index < -0.39 is 0 Å². The Morgan fingerprint density at radius 1 is 1.55 bits per heavy atom. The zero-order chi connectivity index (χ0) is 13.9. The van der Waals surface area contributed by atoms with Crippen LogP contribution in [0, 0.1) is 0 Å². The summed E-state index contributed by atoms with van der Waals surface area (Å²) in [4.78, 5) is 12.3. The quantitative estimate of drug-likeness (QED) is 0.848. The summed E-state index contributed by atoms with van der Waals surface area (Å²) in [5, 5.41) is 9.85. The lowest BCUT2D eigenvalue weighted by atomic mass is 10.3. The molecule has 0 unspecified atom stereocenters. The van der Waals surface area contributed by atoms with Crippen LogP contribution in [0.5, 0.6) is 11.6 Å². The molecule has 1 aliphatic heterocycles. The van der Waals surface area contributed by atoms with Crippen LogP contribution in [0.15, 0.2) is 41.8 Å². The highest BCUT2D eigenvalue weighted by atomic mass is 32.2. The summed E-state index contributed by atoms with van der Waals surface area (Å²) in [6, 6.07) is 7.18. The Hall–Kier alpha value is -2.21. The standard InChI is InChI=1S/C14H13N3O2S/c1-2-12(18)15-9-4-3-5-10(8-9)19-14-13-11(16-17-14)6-7-20-13/h2-5,8H,1,6-7H2,(H,15,18)(H,16,17). The van der Waals surface area contributed by atoms with Crippen molar-refractivity contribution in [2.75, 3.05) is 11.1 Å². The molecular formula is C14H13N3O2S. The van der Waals surface area contributed by atoms with Gasteiger partial charge >= 0.3 is 0 Å². The van der Waals surface area contributed by atoms with E-state index in [1.165, 1.54) is 6.08 Å². The average molecular weight is 287 g/mol. The molecule has 0 aliphatic carbocycles. The third-order valence-electron chi connectivity index (χ3n) is 2.86. The summed E-state index contributed by atoms with van der Waals surface area (Å²) in [6.07, 6.45) is 2.22. The first-order valence-corrected chi connectivity index (χ1v) is 7.16. The summed E-state index contributed by atoms with van der Waals surface area (Å²) in [5.74, 6) is 2.02. The first kappa shape index (κ1) is 12.8. The lowest BCUT2D eigenvalue weighted by Gasteiger charge is -2.06. The highest BCUT2D eigenvalue weighted by molar-refractivity contribution is 7.99. The number of thioether (sulfide) groups is 1. The number of ether oxygens (including phenoxy) is 1. The molecule has 0 saturated heterocycles. The maximum atomic E-state index is 11.3. The molecule has 1 aromatic heterocycles. The Labute approximate surface area is 120 Å². The smallest absolute Gasteiger partial charge is 0.252 e.